The zero-order valence-corrected chi connectivity index (χ0v) is 13.0. The van der Waals surface area contributed by atoms with Gasteiger partial charge in [-0.15, -0.1) is 0 Å². The molecule has 0 atom stereocenters. The maximum atomic E-state index is 6.45. The van der Waals surface area contributed by atoms with Crippen molar-refractivity contribution in [1.29, 1.82) is 0 Å². The molecule has 3 heteroatoms. The van der Waals surface area contributed by atoms with Crippen LogP contribution >= 0.6 is 11.6 Å². The van der Waals surface area contributed by atoms with Gasteiger partial charge in [0.15, 0.2) is 0 Å². The normalized spacial score (nSPS) is 15.0. The van der Waals surface area contributed by atoms with Crippen molar-refractivity contribution in [2.45, 2.75) is 46.2 Å². The van der Waals surface area contributed by atoms with Crippen LogP contribution < -0.4 is 10.2 Å². The number of rotatable bonds is 7. The van der Waals surface area contributed by atoms with Gasteiger partial charge >= 0.3 is 0 Å². The Labute approximate surface area is 122 Å². The molecule has 1 aliphatic rings. The van der Waals surface area contributed by atoms with Crippen molar-refractivity contribution in [2.24, 2.45) is 5.92 Å². The molecule has 0 aromatic heterocycles. The smallest absolute Gasteiger partial charge is 0.0642 e. The summed E-state index contributed by atoms with van der Waals surface area (Å²) in [6.45, 7) is 9.64. The van der Waals surface area contributed by atoms with Gasteiger partial charge in [-0.25, -0.2) is 0 Å². The molecule has 0 unspecified atom stereocenters. The molecule has 2 nitrogen and oxygen atoms in total. The summed E-state index contributed by atoms with van der Waals surface area (Å²) in [7, 11) is 0. The highest BCUT2D eigenvalue weighted by molar-refractivity contribution is 6.33. The van der Waals surface area contributed by atoms with Crippen molar-refractivity contribution >= 4 is 17.3 Å². The van der Waals surface area contributed by atoms with Crippen LogP contribution in [0.1, 0.15) is 39.2 Å². The van der Waals surface area contributed by atoms with Crippen molar-refractivity contribution in [3.05, 3.63) is 28.8 Å². The zero-order chi connectivity index (χ0) is 13.8. The van der Waals surface area contributed by atoms with Gasteiger partial charge in [0.2, 0.25) is 0 Å². The summed E-state index contributed by atoms with van der Waals surface area (Å²) in [6.07, 6.45) is 2.65. The lowest BCUT2D eigenvalue weighted by Crippen LogP contribution is -2.27. The van der Waals surface area contributed by atoms with E-state index in [-0.39, 0.29) is 0 Å². The third-order valence-electron chi connectivity index (χ3n) is 3.49. The predicted octanol–water partition coefficient (Wildman–Crippen LogP) is 4.07. The Morgan fingerprint density at radius 1 is 1.37 bits per heavy atom. The minimum atomic E-state index is 0.646. The highest BCUT2D eigenvalue weighted by Crippen LogP contribution is 2.28. The summed E-state index contributed by atoms with van der Waals surface area (Å²) in [6, 6.07) is 7.21. The third-order valence-corrected chi connectivity index (χ3v) is 3.79. The van der Waals surface area contributed by atoms with E-state index < -0.39 is 0 Å². The van der Waals surface area contributed by atoms with Crippen molar-refractivity contribution in [2.75, 3.05) is 18.0 Å². The van der Waals surface area contributed by atoms with E-state index in [1.165, 1.54) is 18.4 Å². The molecule has 0 heterocycles. The second-order valence-corrected chi connectivity index (χ2v) is 6.28. The molecule has 0 radical (unpaired) electrons. The Hall–Kier alpha value is -0.730. The van der Waals surface area contributed by atoms with E-state index in [0.717, 1.165) is 36.4 Å². The fraction of sp³-hybridized carbons (Fsp3) is 0.625. The van der Waals surface area contributed by atoms with Crippen LogP contribution in [-0.2, 0) is 6.54 Å². The van der Waals surface area contributed by atoms with Crippen molar-refractivity contribution in [3.8, 4) is 0 Å². The monoisotopic (exact) mass is 280 g/mol. The first kappa shape index (κ1) is 14.7. The van der Waals surface area contributed by atoms with Crippen LogP contribution in [0.4, 0.5) is 5.69 Å². The molecule has 0 spiro atoms. The number of hydrogen-bond acceptors (Lipinski definition) is 2. The molecule has 106 valence electrons. The second-order valence-electron chi connectivity index (χ2n) is 5.87. The minimum absolute atomic E-state index is 0.646. The van der Waals surface area contributed by atoms with E-state index in [9.17, 15) is 0 Å². The van der Waals surface area contributed by atoms with E-state index >= 15 is 0 Å². The topological polar surface area (TPSA) is 15.3 Å². The second kappa shape index (κ2) is 6.62. The van der Waals surface area contributed by atoms with Crippen LogP contribution in [0.15, 0.2) is 18.2 Å². The summed E-state index contributed by atoms with van der Waals surface area (Å²) in [5, 5.41) is 4.40. The molecular weight excluding hydrogens is 256 g/mol. The lowest BCUT2D eigenvalue weighted by atomic mass is 10.1. The molecule has 0 saturated heterocycles. The van der Waals surface area contributed by atoms with E-state index in [2.05, 4.69) is 49.2 Å². The first-order valence-electron chi connectivity index (χ1n) is 7.37. The molecule has 1 saturated carbocycles. The predicted molar refractivity (Wildman–Crippen MR) is 84.0 cm³/mol. The highest BCUT2D eigenvalue weighted by Gasteiger charge is 2.20. The number of anilines is 1. The van der Waals surface area contributed by atoms with Crippen molar-refractivity contribution in [1.82, 2.24) is 5.32 Å². The number of benzene rings is 1. The molecular formula is C16H25ClN2. The van der Waals surface area contributed by atoms with Crippen molar-refractivity contribution in [3.63, 3.8) is 0 Å². The van der Waals surface area contributed by atoms with Crippen LogP contribution in [0.3, 0.4) is 0 Å². The summed E-state index contributed by atoms with van der Waals surface area (Å²) < 4.78 is 0. The van der Waals surface area contributed by atoms with E-state index in [1.807, 2.05) is 0 Å². The van der Waals surface area contributed by atoms with Gasteiger partial charge in [-0.2, -0.15) is 0 Å². The molecule has 1 N–H and O–H groups in total. The molecule has 1 aliphatic carbocycles. The maximum Gasteiger partial charge on any atom is 0.0642 e. The average Bonchev–Trinajstić information content (AvgIpc) is 3.18. The minimum Gasteiger partial charge on any atom is -0.370 e. The number of halogens is 1. The maximum absolute atomic E-state index is 6.45. The third kappa shape index (κ3) is 4.39. The van der Waals surface area contributed by atoms with Gasteiger partial charge in [0.1, 0.15) is 0 Å². The molecule has 1 aromatic carbocycles. The number of nitrogens with one attached hydrogen (secondary N) is 1. The van der Waals surface area contributed by atoms with Gasteiger partial charge < -0.3 is 10.2 Å². The standard InChI is InChI=1S/C16H25ClN2/c1-4-19(11-12(2)3)16-8-5-13(9-15(16)17)10-18-14-6-7-14/h5,8-9,12,14,18H,4,6-7,10-11H2,1-3H3. The lowest BCUT2D eigenvalue weighted by Gasteiger charge is -2.26. The molecule has 1 fully saturated rings. The van der Waals surface area contributed by atoms with E-state index in [1.54, 1.807) is 0 Å². The Balaban J connectivity index is 2.03. The van der Waals surface area contributed by atoms with E-state index in [4.69, 9.17) is 11.6 Å². The largest absolute Gasteiger partial charge is 0.370 e. The van der Waals surface area contributed by atoms with Gasteiger partial charge in [0.05, 0.1) is 10.7 Å². The fourth-order valence-electron chi connectivity index (χ4n) is 2.31. The summed E-state index contributed by atoms with van der Waals surface area (Å²) in [5.41, 5.74) is 2.44. The van der Waals surface area contributed by atoms with Crippen LogP contribution in [-0.4, -0.2) is 19.1 Å². The van der Waals surface area contributed by atoms with Gasteiger partial charge in [0, 0.05) is 25.7 Å². The first-order chi connectivity index (χ1) is 9.10. The number of hydrogen-bond donors (Lipinski definition) is 1. The Morgan fingerprint density at radius 3 is 2.63 bits per heavy atom. The Morgan fingerprint density at radius 2 is 2.11 bits per heavy atom. The summed E-state index contributed by atoms with van der Waals surface area (Å²) >= 11 is 6.45. The summed E-state index contributed by atoms with van der Waals surface area (Å²) in [5.74, 6) is 0.646. The lowest BCUT2D eigenvalue weighted by molar-refractivity contribution is 0.618. The van der Waals surface area contributed by atoms with Gasteiger partial charge in [-0.1, -0.05) is 31.5 Å². The van der Waals surface area contributed by atoms with Crippen LogP contribution in [0.5, 0.6) is 0 Å². The Kier molecular flexibility index (Phi) is 5.12. The van der Waals surface area contributed by atoms with Crippen LogP contribution in [0, 0.1) is 5.92 Å². The average molecular weight is 281 g/mol. The van der Waals surface area contributed by atoms with Gasteiger partial charge in [-0.3, -0.25) is 0 Å². The molecule has 0 bridgehead atoms. The van der Waals surface area contributed by atoms with Crippen LogP contribution in [0.2, 0.25) is 5.02 Å². The SMILES string of the molecule is CCN(CC(C)C)c1ccc(CNC2CC2)cc1Cl. The molecule has 2 rings (SSSR count). The molecule has 0 amide bonds. The van der Waals surface area contributed by atoms with Crippen molar-refractivity contribution < 1.29 is 0 Å². The fourth-order valence-corrected chi connectivity index (χ4v) is 2.63. The van der Waals surface area contributed by atoms with Crippen LogP contribution in [0.25, 0.3) is 0 Å². The van der Waals surface area contributed by atoms with Gasteiger partial charge in [0.25, 0.3) is 0 Å². The zero-order valence-electron chi connectivity index (χ0n) is 12.2. The first-order valence-corrected chi connectivity index (χ1v) is 7.74. The molecule has 19 heavy (non-hydrogen) atoms. The molecule has 1 aromatic rings. The Bertz CT molecular complexity index is 413. The highest BCUT2D eigenvalue weighted by atomic mass is 35.5. The van der Waals surface area contributed by atoms with E-state index in [0.29, 0.717) is 5.92 Å². The number of nitrogens with zero attached hydrogens (tertiary/aromatic N) is 1. The van der Waals surface area contributed by atoms with Gasteiger partial charge in [-0.05, 0) is 43.4 Å². The summed E-state index contributed by atoms with van der Waals surface area (Å²) in [4.78, 5) is 2.35. The quantitative estimate of drug-likeness (QED) is 0.810. The molecule has 0 aliphatic heterocycles.